The number of carbonyl (C=O) groups excluding carboxylic acids is 3. The molecule has 0 radical (unpaired) electrons. The molecule has 0 atom stereocenters. The van der Waals surface area contributed by atoms with E-state index in [1.807, 2.05) is 36.4 Å². The molecular formula is C24H26N2O5. The smallest absolute Gasteiger partial charge is 0.434 e. The maximum atomic E-state index is 12.5. The number of hydrogen-bond donors (Lipinski definition) is 1. The van der Waals surface area contributed by atoms with Crippen molar-refractivity contribution in [1.29, 1.82) is 0 Å². The summed E-state index contributed by atoms with van der Waals surface area (Å²) in [6.45, 7) is 3.11. The largest absolute Gasteiger partial charge is 0.513 e. The fraction of sp³-hybridized carbons (Fsp3) is 0.292. The number of nitrogens with one attached hydrogen (secondary N) is 1. The van der Waals surface area contributed by atoms with Crippen molar-refractivity contribution < 1.29 is 23.9 Å². The van der Waals surface area contributed by atoms with Crippen LogP contribution in [0.15, 0.2) is 60.7 Å². The quantitative estimate of drug-likeness (QED) is 0.436. The van der Waals surface area contributed by atoms with E-state index in [0.29, 0.717) is 37.2 Å². The van der Waals surface area contributed by atoms with Crippen molar-refractivity contribution in [3.05, 3.63) is 71.8 Å². The van der Waals surface area contributed by atoms with Gasteiger partial charge < -0.3 is 19.7 Å². The fourth-order valence-electron chi connectivity index (χ4n) is 3.27. The molecule has 1 fully saturated rings. The summed E-state index contributed by atoms with van der Waals surface area (Å²) in [6.07, 6.45) is 4.01. The van der Waals surface area contributed by atoms with Crippen molar-refractivity contribution >= 4 is 24.0 Å². The molecule has 0 unspecified atom stereocenters. The van der Waals surface area contributed by atoms with E-state index in [0.717, 1.165) is 5.56 Å². The minimum absolute atomic E-state index is 0.00473. The van der Waals surface area contributed by atoms with Crippen molar-refractivity contribution in [2.45, 2.75) is 25.8 Å². The van der Waals surface area contributed by atoms with E-state index in [4.69, 9.17) is 9.47 Å². The lowest BCUT2D eigenvalue weighted by molar-refractivity contribution is -0.127. The van der Waals surface area contributed by atoms with Gasteiger partial charge in [0.25, 0.3) is 5.91 Å². The zero-order chi connectivity index (χ0) is 22.1. The lowest BCUT2D eigenvalue weighted by atomic mass is 10.0. The zero-order valence-electron chi connectivity index (χ0n) is 17.5. The molecule has 162 valence electrons. The van der Waals surface area contributed by atoms with Crippen LogP contribution in [0.2, 0.25) is 0 Å². The standard InChI is InChI=1S/C24H26N2O5/c1-2-30-24(29)31-21-11-9-19(10-12-21)23(28)25-20-14-16-26(17-15-20)22(27)13-8-18-6-4-3-5-7-18/h3-13,20H,2,14-17H2,1H3,(H,25,28)/b13-8+. The van der Waals surface area contributed by atoms with E-state index in [1.54, 1.807) is 42.2 Å². The Kier molecular flexibility index (Phi) is 7.81. The van der Waals surface area contributed by atoms with Gasteiger partial charge in [0.05, 0.1) is 6.61 Å². The Morgan fingerprint density at radius 2 is 1.71 bits per heavy atom. The molecule has 31 heavy (non-hydrogen) atoms. The molecule has 2 aromatic rings. The highest BCUT2D eigenvalue weighted by atomic mass is 16.7. The molecule has 1 aliphatic heterocycles. The number of carbonyl (C=O) groups is 3. The van der Waals surface area contributed by atoms with Crippen molar-refractivity contribution in [3.63, 3.8) is 0 Å². The van der Waals surface area contributed by atoms with Gasteiger partial charge in [-0.2, -0.15) is 0 Å². The summed E-state index contributed by atoms with van der Waals surface area (Å²) in [5.41, 5.74) is 1.46. The van der Waals surface area contributed by atoms with Crippen LogP contribution >= 0.6 is 0 Å². The molecule has 0 aliphatic carbocycles. The second-order valence-electron chi connectivity index (χ2n) is 7.13. The SMILES string of the molecule is CCOC(=O)Oc1ccc(C(=O)NC2CCN(C(=O)/C=C/c3ccccc3)CC2)cc1. The van der Waals surface area contributed by atoms with Gasteiger partial charge in [0.15, 0.2) is 0 Å². The lowest BCUT2D eigenvalue weighted by Crippen LogP contribution is -2.46. The first-order valence-corrected chi connectivity index (χ1v) is 10.3. The number of ether oxygens (including phenoxy) is 2. The Morgan fingerprint density at radius 3 is 2.35 bits per heavy atom. The molecule has 1 saturated heterocycles. The van der Waals surface area contributed by atoms with Crippen LogP contribution in [0, 0.1) is 0 Å². The molecule has 0 spiro atoms. The summed E-state index contributed by atoms with van der Waals surface area (Å²) < 4.78 is 9.70. The highest BCUT2D eigenvalue weighted by Crippen LogP contribution is 2.15. The summed E-state index contributed by atoms with van der Waals surface area (Å²) in [7, 11) is 0. The summed E-state index contributed by atoms with van der Waals surface area (Å²) >= 11 is 0. The second-order valence-corrected chi connectivity index (χ2v) is 7.13. The van der Waals surface area contributed by atoms with Gasteiger partial charge in [-0.3, -0.25) is 9.59 Å². The monoisotopic (exact) mass is 422 g/mol. The molecule has 3 rings (SSSR count). The van der Waals surface area contributed by atoms with Crippen molar-refractivity contribution in [1.82, 2.24) is 10.2 Å². The molecule has 1 N–H and O–H groups in total. The minimum atomic E-state index is -0.778. The van der Waals surface area contributed by atoms with E-state index in [9.17, 15) is 14.4 Å². The van der Waals surface area contributed by atoms with Crippen LogP contribution in [0.4, 0.5) is 4.79 Å². The Balaban J connectivity index is 1.45. The first-order chi connectivity index (χ1) is 15.0. The Hall–Kier alpha value is -3.61. The van der Waals surface area contributed by atoms with Gasteiger partial charge in [0.1, 0.15) is 5.75 Å². The Bertz CT molecular complexity index is 917. The first kappa shape index (κ1) is 22.1. The van der Waals surface area contributed by atoms with Gasteiger partial charge in [0, 0.05) is 30.8 Å². The molecule has 0 saturated carbocycles. The van der Waals surface area contributed by atoms with Gasteiger partial charge in [-0.1, -0.05) is 30.3 Å². The minimum Gasteiger partial charge on any atom is -0.434 e. The third-order valence-electron chi connectivity index (χ3n) is 4.94. The second kappa shape index (κ2) is 11.0. The normalized spacial score (nSPS) is 14.3. The van der Waals surface area contributed by atoms with Gasteiger partial charge in [-0.25, -0.2) is 4.79 Å². The van der Waals surface area contributed by atoms with E-state index < -0.39 is 6.16 Å². The van der Waals surface area contributed by atoms with Gasteiger partial charge in [-0.15, -0.1) is 0 Å². The molecule has 0 aromatic heterocycles. The molecule has 7 nitrogen and oxygen atoms in total. The van der Waals surface area contributed by atoms with E-state index in [1.165, 1.54) is 0 Å². The molecule has 7 heteroatoms. The van der Waals surface area contributed by atoms with E-state index in [2.05, 4.69) is 5.32 Å². The van der Waals surface area contributed by atoms with Crippen molar-refractivity contribution in [2.75, 3.05) is 19.7 Å². The number of benzene rings is 2. The van der Waals surface area contributed by atoms with Crippen LogP contribution in [0.3, 0.4) is 0 Å². The van der Waals surface area contributed by atoms with Crippen LogP contribution in [-0.2, 0) is 9.53 Å². The number of nitrogens with zero attached hydrogens (tertiary/aromatic N) is 1. The predicted molar refractivity (Wildman–Crippen MR) is 117 cm³/mol. The molecule has 2 amide bonds. The third kappa shape index (κ3) is 6.70. The number of piperidine rings is 1. The Labute approximate surface area is 181 Å². The highest BCUT2D eigenvalue weighted by molar-refractivity contribution is 5.94. The Morgan fingerprint density at radius 1 is 1.03 bits per heavy atom. The van der Waals surface area contributed by atoms with Crippen LogP contribution in [0.5, 0.6) is 5.75 Å². The first-order valence-electron chi connectivity index (χ1n) is 10.3. The molecule has 2 aromatic carbocycles. The summed E-state index contributed by atoms with van der Waals surface area (Å²) in [5.74, 6) is 0.0904. The number of likely N-dealkylation sites (tertiary alicyclic amines) is 1. The zero-order valence-corrected chi connectivity index (χ0v) is 17.5. The molecular weight excluding hydrogens is 396 g/mol. The number of amides is 2. The maximum absolute atomic E-state index is 12.5. The lowest BCUT2D eigenvalue weighted by Gasteiger charge is -2.31. The average molecular weight is 422 g/mol. The van der Waals surface area contributed by atoms with E-state index >= 15 is 0 Å². The van der Waals surface area contributed by atoms with Crippen LogP contribution in [0.1, 0.15) is 35.7 Å². The third-order valence-corrected chi connectivity index (χ3v) is 4.94. The predicted octanol–water partition coefficient (Wildman–Crippen LogP) is 3.66. The van der Waals surface area contributed by atoms with E-state index in [-0.39, 0.29) is 24.5 Å². The topological polar surface area (TPSA) is 84.9 Å². The van der Waals surface area contributed by atoms with Gasteiger partial charge in [0.2, 0.25) is 5.91 Å². The summed E-state index contributed by atoms with van der Waals surface area (Å²) in [4.78, 5) is 38.0. The molecule has 1 heterocycles. The molecule has 0 bridgehead atoms. The van der Waals surface area contributed by atoms with Gasteiger partial charge in [-0.05, 0) is 55.7 Å². The van der Waals surface area contributed by atoms with Crippen LogP contribution < -0.4 is 10.1 Å². The maximum Gasteiger partial charge on any atom is 0.513 e. The van der Waals surface area contributed by atoms with Crippen molar-refractivity contribution in [3.8, 4) is 5.75 Å². The molecule has 1 aliphatic rings. The van der Waals surface area contributed by atoms with Crippen molar-refractivity contribution in [2.24, 2.45) is 0 Å². The number of rotatable bonds is 6. The fourth-order valence-corrected chi connectivity index (χ4v) is 3.27. The highest BCUT2D eigenvalue weighted by Gasteiger charge is 2.23. The number of hydrogen-bond acceptors (Lipinski definition) is 5. The average Bonchev–Trinajstić information content (AvgIpc) is 2.79. The van der Waals surface area contributed by atoms with Crippen LogP contribution in [-0.4, -0.2) is 48.6 Å². The summed E-state index contributed by atoms with van der Waals surface area (Å²) in [6, 6.07) is 16.0. The van der Waals surface area contributed by atoms with Gasteiger partial charge >= 0.3 is 6.16 Å². The van der Waals surface area contributed by atoms with Crippen LogP contribution in [0.25, 0.3) is 6.08 Å². The summed E-state index contributed by atoms with van der Waals surface area (Å²) in [5, 5.41) is 3.01.